The third-order valence-electron chi connectivity index (χ3n) is 3.49. The Hall–Kier alpha value is -3.19. The zero-order valence-electron chi connectivity index (χ0n) is 14.5. The molecule has 0 fully saturated rings. The Labute approximate surface area is 152 Å². The zero-order chi connectivity index (χ0) is 18.8. The number of imide groups is 1. The van der Waals surface area contributed by atoms with Crippen molar-refractivity contribution in [2.75, 3.05) is 18.4 Å². The fraction of sp³-hybridized carbons (Fsp3) is 0.211. The average Bonchev–Trinajstić information content (AvgIpc) is 2.63. The maximum atomic E-state index is 12.7. The summed E-state index contributed by atoms with van der Waals surface area (Å²) < 4.78 is 0. The molecule has 0 aliphatic carbocycles. The normalized spacial score (nSPS) is 11.3. The predicted molar refractivity (Wildman–Crippen MR) is 99.5 cm³/mol. The van der Waals surface area contributed by atoms with Gasteiger partial charge >= 0.3 is 6.03 Å². The quantitative estimate of drug-likeness (QED) is 0.609. The number of urea groups is 1. The van der Waals surface area contributed by atoms with Crippen LogP contribution in [0.25, 0.3) is 0 Å². The summed E-state index contributed by atoms with van der Waals surface area (Å²) in [6.07, 6.45) is 0. The van der Waals surface area contributed by atoms with E-state index in [1.165, 1.54) is 0 Å². The van der Waals surface area contributed by atoms with Crippen LogP contribution in [-0.4, -0.2) is 30.9 Å². The molecule has 0 aliphatic rings. The van der Waals surface area contributed by atoms with Gasteiger partial charge in [-0.2, -0.15) is 0 Å². The standard InChI is InChI=1S/C19H22N4O3/c1-2-20-19(26)23-16(24)13-21-17(14-9-5-3-6-10-14)18(25)22-15-11-7-4-8-12-15/h3-12,17,21H,2,13H2,1H3,(H,22,25)(H2,20,23,24,26)/t17-/m0/s1. The van der Waals surface area contributed by atoms with Crippen LogP contribution in [0.3, 0.4) is 0 Å². The van der Waals surface area contributed by atoms with Crippen molar-refractivity contribution in [3.63, 3.8) is 0 Å². The molecule has 2 aromatic carbocycles. The van der Waals surface area contributed by atoms with Crippen molar-refractivity contribution in [2.24, 2.45) is 0 Å². The number of hydrogen-bond donors (Lipinski definition) is 4. The van der Waals surface area contributed by atoms with Gasteiger partial charge < -0.3 is 10.6 Å². The van der Waals surface area contributed by atoms with Crippen LogP contribution >= 0.6 is 0 Å². The van der Waals surface area contributed by atoms with Crippen molar-refractivity contribution in [3.8, 4) is 0 Å². The first kappa shape index (κ1) is 19.1. The van der Waals surface area contributed by atoms with Crippen molar-refractivity contribution in [2.45, 2.75) is 13.0 Å². The first-order chi connectivity index (χ1) is 12.6. The molecule has 4 N–H and O–H groups in total. The van der Waals surface area contributed by atoms with E-state index in [0.29, 0.717) is 17.8 Å². The summed E-state index contributed by atoms with van der Waals surface area (Å²) in [5, 5.41) is 10.4. The minimum atomic E-state index is -0.739. The highest BCUT2D eigenvalue weighted by Crippen LogP contribution is 2.15. The number of para-hydroxylation sites is 1. The van der Waals surface area contributed by atoms with Crippen molar-refractivity contribution in [3.05, 3.63) is 66.2 Å². The molecule has 0 unspecified atom stereocenters. The number of carbonyl (C=O) groups excluding carboxylic acids is 3. The van der Waals surface area contributed by atoms with E-state index in [4.69, 9.17) is 0 Å². The molecule has 0 saturated heterocycles. The van der Waals surface area contributed by atoms with Gasteiger partial charge in [0.2, 0.25) is 11.8 Å². The maximum absolute atomic E-state index is 12.7. The van der Waals surface area contributed by atoms with Crippen molar-refractivity contribution in [1.29, 1.82) is 0 Å². The fourth-order valence-corrected chi connectivity index (χ4v) is 2.31. The SMILES string of the molecule is CCNC(=O)NC(=O)CN[C@H](C(=O)Nc1ccccc1)c1ccccc1. The van der Waals surface area contributed by atoms with E-state index >= 15 is 0 Å². The van der Waals surface area contributed by atoms with Crippen LogP contribution < -0.4 is 21.3 Å². The number of amides is 4. The molecule has 7 nitrogen and oxygen atoms in total. The molecular formula is C19H22N4O3. The van der Waals surface area contributed by atoms with Gasteiger partial charge in [-0.3, -0.25) is 20.2 Å². The summed E-state index contributed by atoms with van der Waals surface area (Å²) in [6.45, 7) is 1.99. The van der Waals surface area contributed by atoms with Gasteiger partial charge in [0.05, 0.1) is 6.54 Å². The Bertz CT molecular complexity index is 735. The summed E-state index contributed by atoms with van der Waals surface area (Å²) in [5.74, 6) is -0.822. The van der Waals surface area contributed by atoms with Crippen LogP contribution in [0, 0.1) is 0 Å². The van der Waals surface area contributed by atoms with Crippen LogP contribution in [0.15, 0.2) is 60.7 Å². The van der Waals surface area contributed by atoms with Gasteiger partial charge in [-0.15, -0.1) is 0 Å². The molecule has 136 valence electrons. The Morgan fingerprint density at radius 3 is 2.15 bits per heavy atom. The Morgan fingerprint density at radius 1 is 0.923 bits per heavy atom. The van der Waals surface area contributed by atoms with Crippen LogP contribution in [0.2, 0.25) is 0 Å². The molecule has 0 aromatic heterocycles. The average molecular weight is 354 g/mol. The Morgan fingerprint density at radius 2 is 1.54 bits per heavy atom. The number of carbonyl (C=O) groups is 3. The van der Waals surface area contributed by atoms with Gasteiger partial charge in [0.15, 0.2) is 0 Å². The number of benzene rings is 2. The minimum absolute atomic E-state index is 0.182. The molecule has 2 rings (SSSR count). The summed E-state index contributed by atoms with van der Waals surface area (Å²) in [5.41, 5.74) is 1.37. The van der Waals surface area contributed by atoms with E-state index in [1.54, 1.807) is 31.2 Å². The van der Waals surface area contributed by atoms with Crippen LogP contribution in [0.5, 0.6) is 0 Å². The van der Waals surface area contributed by atoms with Gasteiger partial charge in [0.1, 0.15) is 6.04 Å². The first-order valence-electron chi connectivity index (χ1n) is 8.32. The largest absolute Gasteiger partial charge is 0.338 e. The first-order valence-corrected chi connectivity index (χ1v) is 8.32. The molecule has 0 spiro atoms. The van der Waals surface area contributed by atoms with E-state index in [1.807, 2.05) is 36.4 Å². The summed E-state index contributed by atoms with van der Waals surface area (Å²) in [7, 11) is 0. The molecule has 0 heterocycles. The molecule has 2 aromatic rings. The topological polar surface area (TPSA) is 99.3 Å². The van der Waals surface area contributed by atoms with Crippen molar-refractivity contribution in [1.82, 2.24) is 16.0 Å². The lowest BCUT2D eigenvalue weighted by Gasteiger charge is -2.18. The lowest BCUT2D eigenvalue weighted by atomic mass is 10.1. The van der Waals surface area contributed by atoms with Gasteiger partial charge in [-0.25, -0.2) is 4.79 Å². The number of hydrogen-bond acceptors (Lipinski definition) is 4. The molecule has 26 heavy (non-hydrogen) atoms. The lowest BCUT2D eigenvalue weighted by molar-refractivity contribution is -0.120. The van der Waals surface area contributed by atoms with E-state index in [9.17, 15) is 14.4 Å². The van der Waals surface area contributed by atoms with Gasteiger partial charge in [-0.05, 0) is 24.6 Å². The second-order valence-corrected chi connectivity index (χ2v) is 5.49. The van der Waals surface area contributed by atoms with E-state index in [2.05, 4.69) is 21.3 Å². The van der Waals surface area contributed by atoms with Crippen molar-refractivity contribution >= 4 is 23.5 Å². The third kappa shape index (κ3) is 6.03. The van der Waals surface area contributed by atoms with E-state index in [0.717, 1.165) is 0 Å². The van der Waals surface area contributed by atoms with Crippen LogP contribution in [0.1, 0.15) is 18.5 Å². The molecule has 0 saturated carbocycles. The van der Waals surface area contributed by atoms with Crippen LogP contribution in [0.4, 0.5) is 10.5 Å². The third-order valence-corrected chi connectivity index (χ3v) is 3.49. The van der Waals surface area contributed by atoms with Crippen LogP contribution in [-0.2, 0) is 9.59 Å². The highest BCUT2D eigenvalue weighted by Gasteiger charge is 2.21. The van der Waals surface area contributed by atoms with Crippen molar-refractivity contribution < 1.29 is 14.4 Å². The number of nitrogens with one attached hydrogen (secondary N) is 4. The van der Waals surface area contributed by atoms with E-state index < -0.39 is 18.0 Å². The molecule has 0 bridgehead atoms. The Balaban J connectivity index is 2.03. The van der Waals surface area contributed by atoms with Gasteiger partial charge in [-0.1, -0.05) is 48.5 Å². The lowest BCUT2D eigenvalue weighted by Crippen LogP contribution is -2.45. The summed E-state index contributed by atoms with van der Waals surface area (Å²) in [6, 6.07) is 16.8. The summed E-state index contributed by atoms with van der Waals surface area (Å²) >= 11 is 0. The Kier molecular flexibility index (Phi) is 7.32. The zero-order valence-corrected chi connectivity index (χ0v) is 14.5. The molecule has 1 atom stereocenters. The molecular weight excluding hydrogens is 332 g/mol. The number of rotatable bonds is 7. The smallest absolute Gasteiger partial charge is 0.321 e. The fourth-order valence-electron chi connectivity index (χ4n) is 2.31. The monoisotopic (exact) mass is 354 g/mol. The molecule has 0 aliphatic heterocycles. The van der Waals surface area contributed by atoms with Gasteiger partial charge in [0.25, 0.3) is 0 Å². The second kappa shape index (κ2) is 9.95. The molecule has 4 amide bonds. The maximum Gasteiger partial charge on any atom is 0.321 e. The van der Waals surface area contributed by atoms with Gasteiger partial charge in [0, 0.05) is 12.2 Å². The number of anilines is 1. The highest BCUT2D eigenvalue weighted by molar-refractivity contribution is 5.97. The minimum Gasteiger partial charge on any atom is -0.338 e. The van der Waals surface area contributed by atoms with E-state index in [-0.39, 0.29) is 12.5 Å². The highest BCUT2D eigenvalue weighted by atomic mass is 16.2. The predicted octanol–water partition coefficient (Wildman–Crippen LogP) is 1.80. The second-order valence-electron chi connectivity index (χ2n) is 5.49. The molecule has 0 radical (unpaired) electrons. The molecule has 7 heteroatoms. The summed E-state index contributed by atoms with van der Waals surface area (Å²) in [4.78, 5) is 35.9.